The number of carbonyl (C=O) groups is 1. The lowest BCUT2D eigenvalue weighted by atomic mass is 9.91. The van der Waals surface area contributed by atoms with Crippen molar-refractivity contribution >= 4 is 5.91 Å². The third-order valence-electron chi connectivity index (χ3n) is 5.68. The molecule has 1 aliphatic carbocycles. The molecule has 2 N–H and O–H groups in total. The van der Waals surface area contributed by atoms with Gasteiger partial charge in [-0.25, -0.2) is 0 Å². The summed E-state index contributed by atoms with van der Waals surface area (Å²) in [4.78, 5) is 17.3. The van der Waals surface area contributed by atoms with E-state index in [1.54, 1.807) is 0 Å². The van der Waals surface area contributed by atoms with E-state index >= 15 is 0 Å². The molecule has 1 aromatic carbocycles. The molecule has 1 aromatic rings. The van der Waals surface area contributed by atoms with Gasteiger partial charge in [0.25, 0.3) is 5.91 Å². The summed E-state index contributed by atoms with van der Waals surface area (Å²) in [6, 6.07) is 7.52. The smallest absolute Gasteiger partial charge is 0.251 e. The van der Waals surface area contributed by atoms with E-state index in [1.165, 1.54) is 12.8 Å². The van der Waals surface area contributed by atoms with E-state index in [0.29, 0.717) is 18.0 Å². The quantitative estimate of drug-likeness (QED) is 0.827. The first-order valence-electron chi connectivity index (χ1n) is 9.61. The number of benzene rings is 1. The molecule has 1 heterocycles. The van der Waals surface area contributed by atoms with Gasteiger partial charge in [-0.15, -0.1) is 0 Å². The highest BCUT2D eigenvalue weighted by Gasteiger charge is 2.27. The minimum absolute atomic E-state index is 0.0678. The van der Waals surface area contributed by atoms with E-state index in [2.05, 4.69) is 22.2 Å². The second-order valence-corrected chi connectivity index (χ2v) is 7.48. The van der Waals surface area contributed by atoms with Gasteiger partial charge in [-0.3, -0.25) is 9.69 Å². The Morgan fingerprint density at radius 3 is 2.60 bits per heavy atom. The van der Waals surface area contributed by atoms with Crippen LogP contribution in [0.25, 0.3) is 0 Å². The SMILES string of the molecule is CN1CCN(CCNC(=O)c2ccccc2C(O)C2CCCC2)CC1. The lowest BCUT2D eigenvalue weighted by molar-refractivity contribution is 0.0910. The molecule has 5 nitrogen and oxygen atoms in total. The van der Waals surface area contributed by atoms with Gasteiger partial charge in [-0.1, -0.05) is 31.0 Å². The van der Waals surface area contributed by atoms with Crippen molar-refractivity contribution in [3.63, 3.8) is 0 Å². The molecule has 1 aliphatic heterocycles. The molecule has 0 spiro atoms. The predicted octanol–water partition coefficient (Wildman–Crippen LogP) is 1.89. The molecule has 0 aromatic heterocycles. The minimum atomic E-state index is -0.526. The average molecular weight is 345 g/mol. The maximum Gasteiger partial charge on any atom is 0.251 e. The van der Waals surface area contributed by atoms with Crippen LogP contribution in [-0.2, 0) is 0 Å². The molecule has 0 bridgehead atoms. The summed E-state index contributed by atoms with van der Waals surface area (Å²) in [7, 11) is 2.14. The molecular formula is C20H31N3O2. The number of carbonyl (C=O) groups excluding carboxylic acids is 1. The van der Waals surface area contributed by atoms with Crippen molar-refractivity contribution in [1.82, 2.24) is 15.1 Å². The van der Waals surface area contributed by atoms with Gasteiger partial charge in [-0.05, 0) is 37.4 Å². The van der Waals surface area contributed by atoms with Crippen LogP contribution < -0.4 is 5.32 Å². The number of hydrogen-bond donors (Lipinski definition) is 2. The van der Waals surface area contributed by atoms with Crippen LogP contribution in [-0.4, -0.2) is 67.1 Å². The Hall–Kier alpha value is -1.43. The molecule has 5 heteroatoms. The molecule has 1 amide bonds. The van der Waals surface area contributed by atoms with Gasteiger partial charge in [0.1, 0.15) is 0 Å². The summed E-state index contributed by atoms with van der Waals surface area (Å²) in [6.07, 6.45) is 3.95. The third-order valence-corrected chi connectivity index (χ3v) is 5.68. The number of nitrogens with one attached hydrogen (secondary N) is 1. The van der Waals surface area contributed by atoms with Gasteiger partial charge in [0.2, 0.25) is 0 Å². The van der Waals surface area contributed by atoms with Gasteiger partial charge in [0.15, 0.2) is 0 Å². The van der Waals surface area contributed by atoms with Crippen LogP contribution >= 0.6 is 0 Å². The number of aliphatic hydroxyl groups is 1. The zero-order valence-corrected chi connectivity index (χ0v) is 15.3. The van der Waals surface area contributed by atoms with E-state index in [1.807, 2.05) is 24.3 Å². The topological polar surface area (TPSA) is 55.8 Å². The molecule has 1 saturated heterocycles. The zero-order chi connectivity index (χ0) is 17.6. The zero-order valence-electron chi connectivity index (χ0n) is 15.3. The fourth-order valence-corrected chi connectivity index (χ4v) is 3.98. The maximum atomic E-state index is 12.6. The lowest BCUT2D eigenvalue weighted by Gasteiger charge is -2.32. The number of piperazine rings is 1. The number of likely N-dealkylation sites (N-methyl/N-ethyl adjacent to an activating group) is 1. The van der Waals surface area contributed by atoms with Crippen LogP contribution in [0.1, 0.15) is 47.7 Å². The Morgan fingerprint density at radius 2 is 1.88 bits per heavy atom. The Kier molecular flexibility index (Phi) is 6.45. The fraction of sp³-hybridized carbons (Fsp3) is 0.650. The number of aliphatic hydroxyl groups excluding tert-OH is 1. The number of nitrogens with zero attached hydrogens (tertiary/aromatic N) is 2. The van der Waals surface area contributed by atoms with Crippen LogP contribution in [0.3, 0.4) is 0 Å². The Labute approximate surface area is 151 Å². The van der Waals surface area contributed by atoms with E-state index in [-0.39, 0.29) is 5.91 Å². The second-order valence-electron chi connectivity index (χ2n) is 7.48. The van der Waals surface area contributed by atoms with Crippen molar-refractivity contribution in [2.45, 2.75) is 31.8 Å². The highest BCUT2D eigenvalue weighted by molar-refractivity contribution is 5.95. The predicted molar refractivity (Wildman–Crippen MR) is 99.6 cm³/mol. The summed E-state index contributed by atoms with van der Waals surface area (Å²) in [5.74, 6) is 0.223. The maximum absolute atomic E-state index is 12.6. The van der Waals surface area contributed by atoms with Crippen molar-refractivity contribution in [3.8, 4) is 0 Å². The molecule has 3 rings (SSSR count). The first kappa shape index (κ1) is 18.4. The van der Waals surface area contributed by atoms with Gasteiger partial charge in [0, 0.05) is 44.8 Å². The molecule has 2 fully saturated rings. The van der Waals surface area contributed by atoms with Crippen molar-refractivity contribution in [1.29, 1.82) is 0 Å². The highest BCUT2D eigenvalue weighted by atomic mass is 16.3. The van der Waals surface area contributed by atoms with Gasteiger partial charge < -0.3 is 15.3 Å². The molecule has 1 saturated carbocycles. The summed E-state index contributed by atoms with van der Waals surface area (Å²) in [5.41, 5.74) is 1.41. The average Bonchev–Trinajstić information content (AvgIpc) is 3.17. The van der Waals surface area contributed by atoms with E-state index < -0.39 is 6.10 Å². The fourth-order valence-electron chi connectivity index (χ4n) is 3.98. The molecule has 25 heavy (non-hydrogen) atoms. The second kappa shape index (κ2) is 8.79. The first-order valence-corrected chi connectivity index (χ1v) is 9.61. The first-order chi connectivity index (χ1) is 12.1. The van der Waals surface area contributed by atoms with Crippen LogP contribution in [0, 0.1) is 5.92 Å². The van der Waals surface area contributed by atoms with Gasteiger partial charge >= 0.3 is 0 Å². The highest BCUT2D eigenvalue weighted by Crippen LogP contribution is 2.36. The Balaban J connectivity index is 1.55. The normalized spacial score (nSPS) is 21.4. The molecule has 1 unspecified atom stereocenters. The summed E-state index contributed by atoms with van der Waals surface area (Å²) >= 11 is 0. The summed E-state index contributed by atoms with van der Waals surface area (Å²) in [6.45, 7) is 5.82. The Bertz CT molecular complexity index is 564. The van der Waals surface area contributed by atoms with Crippen LogP contribution in [0.5, 0.6) is 0 Å². The molecule has 1 atom stereocenters. The number of hydrogen-bond acceptors (Lipinski definition) is 4. The molecule has 2 aliphatic rings. The van der Waals surface area contributed by atoms with Crippen LogP contribution in [0.4, 0.5) is 0 Å². The van der Waals surface area contributed by atoms with E-state index in [0.717, 1.165) is 51.1 Å². The lowest BCUT2D eigenvalue weighted by Crippen LogP contribution is -2.47. The molecular weight excluding hydrogens is 314 g/mol. The van der Waals surface area contributed by atoms with E-state index in [4.69, 9.17) is 0 Å². The van der Waals surface area contributed by atoms with Gasteiger partial charge in [0.05, 0.1) is 6.10 Å². The summed E-state index contributed by atoms with van der Waals surface area (Å²) in [5, 5.41) is 13.7. The van der Waals surface area contributed by atoms with Crippen LogP contribution in [0.2, 0.25) is 0 Å². The third kappa shape index (κ3) is 4.81. The van der Waals surface area contributed by atoms with Crippen molar-refractivity contribution in [2.24, 2.45) is 5.92 Å². The number of rotatable bonds is 6. The largest absolute Gasteiger partial charge is 0.388 e. The Morgan fingerprint density at radius 1 is 1.20 bits per heavy atom. The van der Waals surface area contributed by atoms with Crippen molar-refractivity contribution in [3.05, 3.63) is 35.4 Å². The van der Waals surface area contributed by atoms with Crippen molar-refractivity contribution < 1.29 is 9.90 Å². The minimum Gasteiger partial charge on any atom is -0.388 e. The monoisotopic (exact) mass is 345 g/mol. The van der Waals surface area contributed by atoms with E-state index in [9.17, 15) is 9.90 Å². The molecule has 138 valence electrons. The van der Waals surface area contributed by atoms with Gasteiger partial charge in [-0.2, -0.15) is 0 Å². The molecule has 0 radical (unpaired) electrons. The van der Waals surface area contributed by atoms with Crippen LogP contribution in [0.15, 0.2) is 24.3 Å². The number of amides is 1. The summed E-state index contributed by atoms with van der Waals surface area (Å²) < 4.78 is 0. The standard InChI is InChI=1S/C20H31N3O2/c1-22-12-14-23(15-13-22)11-10-21-20(25)18-9-5-4-8-17(18)19(24)16-6-2-3-7-16/h4-5,8-9,16,19,24H,2-3,6-7,10-15H2,1H3,(H,21,25). The van der Waals surface area contributed by atoms with Crippen molar-refractivity contribution in [2.75, 3.05) is 46.3 Å².